The molecule has 0 radical (unpaired) electrons. The van der Waals surface area contributed by atoms with Crippen LogP contribution in [-0.2, 0) is 9.59 Å². The van der Waals surface area contributed by atoms with E-state index >= 15 is 0 Å². The van der Waals surface area contributed by atoms with Crippen molar-refractivity contribution in [2.45, 2.75) is 13.0 Å². The molecule has 0 saturated heterocycles. The third-order valence-electron chi connectivity index (χ3n) is 3.16. The van der Waals surface area contributed by atoms with E-state index in [1.807, 2.05) is 6.92 Å². The van der Waals surface area contributed by atoms with Gasteiger partial charge in [0.2, 0.25) is 11.8 Å². The molecular weight excluding hydrogens is 261 g/mol. The average Bonchev–Trinajstić information content (AvgIpc) is 2.36. The number of carbonyl (C=O) groups excluding carboxylic acids is 2. The number of amides is 2. The van der Waals surface area contributed by atoms with Crippen molar-refractivity contribution in [2.75, 3.05) is 27.2 Å². The van der Waals surface area contributed by atoms with Crippen molar-refractivity contribution < 1.29 is 14.0 Å². The molecule has 0 saturated carbocycles. The van der Waals surface area contributed by atoms with Crippen molar-refractivity contribution >= 4 is 11.8 Å². The molecule has 0 aromatic heterocycles. The summed E-state index contributed by atoms with van der Waals surface area (Å²) in [6, 6.07) is 5.85. The Labute approximate surface area is 118 Å². The Hall–Kier alpha value is -1.95. The first-order valence-corrected chi connectivity index (χ1v) is 6.29. The first-order chi connectivity index (χ1) is 9.31. The molecule has 0 spiro atoms. The van der Waals surface area contributed by atoms with E-state index in [0.29, 0.717) is 0 Å². The van der Waals surface area contributed by atoms with Crippen LogP contribution in [0.25, 0.3) is 0 Å². The highest BCUT2D eigenvalue weighted by molar-refractivity contribution is 5.80. The van der Waals surface area contributed by atoms with Crippen LogP contribution in [0.15, 0.2) is 24.3 Å². The van der Waals surface area contributed by atoms with E-state index in [4.69, 9.17) is 5.73 Å². The van der Waals surface area contributed by atoms with Crippen LogP contribution < -0.4 is 5.73 Å². The van der Waals surface area contributed by atoms with Gasteiger partial charge in [-0.25, -0.2) is 4.39 Å². The van der Waals surface area contributed by atoms with E-state index in [0.717, 1.165) is 5.56 Å². The second kappa shape index (κ2) is 7.00. The van der Waals surface area contributed by atoms with Gasteiger partial charge in [0.05, 0.1) is 19.1 Å². The molecule has 1 rings (SSSR count). The lowest BCUT2D eigenvalue weighted by molar-refractivity contribution is -0.133. The second-order valence-electron chi connectivity index (χ2n) is 4.87. The van der Waals surface area contributed by atoms with Gasteiger partial charge in [0.25, 0.3) is 0 Å². The Morgan fingerprint density at radius 1 is 1.20 bits per heavy atom. The topological polar surface area (TPSA) is 66.6 Å². The summed E-state index contributed by atoms with van der Waals surface area (Å²) in [5.74, 6) is -0.920. The zero-order chi connectivity index (χ0) is 15.3. The Balaban J connectivity index is 2.64. The molecule has 6 heteroatoms. The van der Waals surface area contributed by atoms with Crippen LogP contribution in [0.2, 0.25) is 0 Å². The minimum atomic E-state index is -0.477. The second-order valence-corrected chi connectivity index (χ2v) is 4.87. The van der Waals surface area contributed by atoms with Crippen molar-refractivity contribution in [2.24, 2.45) is 5.73 Å². The van der Waals surface area contributed by atoms with Crippen molar-refractivity contribution in [1.29, 1.82) is 0 Å². The number of halogens is 1. The Morgan fingerprint density at radius 3 is 2.25 bits per heavy atom. The van der Waals surface area contributed by atoms with Gasteiger partial charge in [0, 0.05) is 7.05 Å². The van der Waals surface area contributed by atoms with E-state index < -0.39 is 5.91 Å². The highest BCUT2D eigenvalue weighted by atomic mass is 19.1. The summed E-state index contributed by atoms with van der Waals surface area (Å²) in [5.41, 5.74) is 5.92. The molecule has 1 aromatic carbocycles. The third kappa shape index (κ3) is 4.62. The third-order valence-corrected chi connectivity index (χ3v) is 3.16. The number of hydrogen-bond donors (Lipinski definition) is 1. The highest BCUT2D eigenvalue weighted by Crippen LogP contribution is 2.19. The van der Waals surface area contributed by atoms with Gasteiger partial charge in [0.15, 0.2) is 0 Å². The van der Waals surface area contributed by atoms with Gasteiger partial charge in [-0.15, -0.1) is 0 Å². The summed E-state index contributed by atoms with van der Waals surface area (Å²) in [5, 5.41) is 0. The SMILES string of the molecule is C[C@@H](c1ccc(F)cc1)N(C)C(=O)CN(C)CC(N)=O. The standard InChI is InChI=1S/C14H20FN3O2/c1-10(11-4-6-12(15)7-5-11)18(3)14(20)9-17(2)8-13(16)19/h4-7,10H,8-9H2,1-3H3,(H2,16,19)/t10-/m0/s1. The average molecular weight is 281 g/mol. The monoisotopic (exact) mass is 281 g/mol. The Bertz CT molecular complexity index is 476. The van der Waals surface area contributed by atoms with Gasteiger partial charge in [0.1, 0.15) is 5.82 Å². The zero-order valence-corrected chi connectivity index (χ0v) is 12.0. The lowest BCUT2D eigenvalue weighted by Gasteiger charge is -2.27. The summed E-state index contributed by atoms with van der Waals surface area (Å²) in [7, 11) is 3.33. The molecule has 1 atom stereocenters. The number of primary amides is 1. The lowest BCUT2D eigenvalue weighted by Crippen LogP contribution is -2.40. The van der Waals surface area contributed by atoms with Crippen LogP contribution in [-0.4, -0.2) is 48.8 Å². The summed E-state index contributed by atoms with van der Waals surface area (Å²) in [4.78, 5) is 26.0. The number of nitrogens with two attached hydrogens (primary N) is 1. The van der Waals surface area contributed by atoms with E-state index in [1.165, 1.54) is 12.1 Å². The van der Waals surface area contributed by atoms with Gasteiger partial charge in [-0.3, -0.25) is 14.5 Å². The molecule has 2 N–H and O–H groups in total. The quantitative estimate of drug-likeness (QED) is 0.837. The molecule has 0 bridgehead atoms. The molecule has 0 heterocycles. The first kappa shape index (κ1) is 16.1. The number of benzene rings is 1. The molecule has 0 fully saturated rings. The normalized spacial score (nSPS) is 12.2. The van der Waals surface area contributed by atoms with Gasteiger partial charge in [-0.05, 0) is 31.7 Å². The zero-order valence-electron chi connectivity index (χ0n) is 12.0. The summed E-state index contributed by atoms with van der Waals surface area (Å²) < 4.78 is 12.9. The molecular formula is C14H20FN3O2. The first-order valence-electron chi connectivity index (χ1n) is 6.29. The molecule has 0 aliphatic rings. The largest absolute Gasteiger partial charge is 0.369 e. The van der Waals surface area contributed by atoms with Crippen LogP contribution in [0.4, 0.5) is 4.39 Å². The maximum absolute atomic E-state index is 12.9. The van der Waals surface area contributed by atoms with Crippen molar-refractivity contribution in [1.82, 2.24) is 9.80 Å². The van der Waals surface area contributed by atoms with Gasteiger partial charge < -0.3 is 10.6 Å². The fourth-order valence-electron chi connectivity index (χ4n) is 1.85. The van der Waals surface area contributed by atoms with Crippen LogP contribution in [0.1, 0.15) is 18.5 Å². The molecule has 0 aliphatic heterocycles. The summed E-state index contributed by atoms with van der Waals surface area (Å²) >= 11 is 0. The molecule has 0 unspecified atom stereocenters. The maximum atomic E-state index is 12.9. The Morgan fingerprint density at radius 2 is 1.75 bits per heavy atom. The molecule has 5 nitrogen and oxygen atoms in total. The van der Waals surface area contributed by atoms with Crippen LogP contribution in [0.5, 0.6) is 0 Å². The number of rotatable bonds is 6. The molecule has 0 aliphatic carbocycles. The van der Waals surface area contributed by atoms with Gasteiger partial charge >= 0.3 is 0 Å². The van der Waals surface area contributed by atoms with Crippen molar-refractivity contribution in [3.63, 3.8) is 0 Å². The minimum absolute atomic E-state index is 0.0323. The van der Waals surface area contributed by atoms with Gasteiger partial charge in [-0.2, -0.15) is 0 Å². The number of nitrogens with zero attached hydrogens (tertiary/aromatic N) is 2. The van der Waals surface area contributed by atoms with Gasteiger partial charge in [-0.1, -0.05) is 12.1 Å². The van der Waals surface area contributed by atoms with Crippen LogP contribution >= 0.6 is 0 Å². The summed E-state index contributed by atoms with van der Waals surface area (Å²) in [6.45, 7) is 1.99. The van der Waals surface area contributed by atoms with Crippen molar-refractivity contribution in [3.8, 4) is 0 Å². The van der Waals surface area contributed by atoms with E-state index in [2.05, 4.69) is 0 Å². The molecule has 110 valence electrons. The predicted molar refractivity (Wildman–Crippen MR) is 74.3 cm³/mol. The maximum Gasteiger partial charge on any atom is 0.236 e. The van der Waals surface area contributed by atoms with E-state index in [-0.39, 0.29) is 30.9 Å². The number of hydrogen-bond acceptors (Lipinski definition) is 3. The van der Waals surface area contributed by atoms with E-state index in [9.17, 15) is 14.0 Å². The number of carbonyl (C=O) groups is 2. The highest BCUT2D eigenvalue weighted by Gasteiger charge is 2.19. The number of likely N-dealkylation sites (N-methyl/N-ethyl adjacent to an activating group) is 2. The van der Waals surface area contributed by atoms with Crippen LogP contribution in [0.3, 0.4) is 0 Å². The smallest absolute Gasteiger partial charge is 0.236 e. The minimum Gasteiger partial charge on any atom is -0.369 e. The van der Waals surface area contributed by atoms with Crippen LogP contribution in [0, 0.1) is 5.82 Å². The molecule has 2 amide bonds. The predicted octanol–water partition coefficient (Wildman–Crippen LogP) is 0.762. The molecule has 1 aromatic rings. The summed E-state index contributed by atoms with van der Waals surface area (Å²) in [6.07, 6.45) is 0. The Kier molecular flexibility index (Phi) is 5.64. The molecule has 20 heavy (non-hydrogen) atoms. The lowest BCUT2D eigenvalue weighted by atomic mass is 10.1. The van der Waals surface area contributed by atoms with E-state index in [1.54, 1.807) is 36.0 Å². The fourth-order valence-corrected chi connectivity index (χ4v) is 1.85. The van der Waals surface area contributed by atoms with Crippen molar-refractivity contribution in [3.05, 3.63) is 35.6 Å². The fraction of sp³-hybridized carbons (Fsp3) is 0.429.